The lowest BCUT2D eigenvalue weighted by molar-refractivity contribution is -0.265. The highest BCUT2D eigenvalue weighted by Crippen LogP contribution is 2.66. The van der Waals surface area contributed by atoms with Crippen molar-refractivity contribution in [1.82, 2.24) is 0 Å². The predicted molar refractivity (Wildman–Crippen MR) is 354 cm³/mol. The number of fused-ring (bicyclic) bond motifs is 17. The molecule has 92 heavy (non-hydrogen) atoms. The number of ketones is 1. The fourth-order valence-corrected chi connectivity index (χ4v) is 23.4. The number of ether oxygens (including phenoxy) is 3. The molecular formula is C77H93NO12S2. The zero-order valence-corrected chi connectivity index (χ0v) is 55.0. The summed E-state index contributed by atoms with van der Waals surface area (Å²) < 4.78 is 20.2. The Labute approximate surface area is 550 Å². The summed E-state index contributed by atoms with van der Waals surface area (Å²) in [4.78, 5) is 45.6. The summed E-state index contributed by atoms with van der Waals surface area (Å²) in [6, 6.07) is 15.9. The average molecular weight is 1290 g/mol. The Morgan fingerprint density at radius 3 is 2.38 bits per heavy atom. The first-order valence-electron chi connectivity index (χ1n) is 35.4. The first-order valence-corrected chi connectivity index (χ1v) is 37.9. The van der Waals surface area contributed by atoms with Crippen LogP contribution in [0, 0.1) is 88.3 Å². The second-order valence-electron chi connectivity index (χ2n) is 30.9. The molecule has 13 aliphatic rings. The minimum absolute atomic E-state index is 0.0111. The van der Waals surface area contributed by atoms with Crippen LogP contribution in [0.4, 0.5) is 5.69 Å². The molecule has 490 valence electrons. The van der Waals surface area contributed by atoms with Crippen molar-refractivity contribution in [2.24, 2.45) is 64.6 Å². The van der Waals surface area contributed by atoms with Crippen LogP contribution < -0.4 is 10.1 Å². The van der Waals surface area contributed by atoms with E-state index in [2.05, 4.69) is 41.1 Å². The van der Waals surface area contributed by atoms with E-state index in [1.54, 1.807) is 13.0 Å². The maximum atomic E-state index is 16.4. The van der Waals surface area contributed by atoms with E-state index < -0.39 is 64.8 Å². The van der Waals surface area contributed by atoms with Crippen LogP contribution in [0.15, 0.2) is 60.2 Å². The normalized spacial score (nSPS) is 41.0. The summed E-state index contributed by atoms with van der Waals surface area (Å²) >= 11 is 0. The molecule has 0 amide bonds. The van der Waals surface area contributed by atoms with Gasteiger partial charge in [0.2, 0.25) is 0 Å². The number of Topliss-reactive ketones (excluding diaryl/α,β-unsaturated/α-hetero) is 1. The van der Waals surface area contributed by atoms with Crippen LogP contribution in [0.5, 0.6) is 11.5 Å². The van der Waals surface area contributed by atoms with E-state index in [-0.39, 0.29) is 121 Å². The van der Waals surface area contributed by atoms with E-state index >= 15 is 4.79 Å². The number of esters is 2. The molecule has 13 nitrogen and oxygen atoms in total. The number of carbonyl (C=O) groups excluding carboxylic acids is 3. The highest BCUT2D eigenvalue weighted by molar-refractivity contribution is 8.76. The van der Waals surface area contributed by atoms with Crippen molar-refractivity contribution in [2.75, 3.05) is 30.0 Å². The number of carbonyl (C=O) groups is 3. The molecule has 0 radical (unpaired) electrons. The number of aliphatic hydroxyl groups is 5. The van der Waals surface area contributed by atoms with Gasteiger partial charge in [0.1, 0.15) is 40.7 Å². The molecule has 3 aromatic rings. The highest BCUT2D eigenvalue weighted by Gasteiger charge is 2.69. The van der Waals surface area contributed by atoms with E-state index in [0.29, 0.717) is 70.9 Å². The van der Waals surface area contributed by atoms with Gasteiger partial charge >= 0.3 is 11.9 Å². The number of phenols is 1. The fourth-order valence-electron chi connectivity index (χ4n) is 20.6. The number of hydrogen-bond donors (Lipinski definition) is 7. The van der Waals surface area contributed by atoms with Gasteiger partial charge in [0.05, 0.1) is 42.7 Å². The van der Waals surface area contributed by atoms with Crippen LogP contribution in [0.1, 0.15) is 205 Å². The second kappa shape index (κ2) is 25.6. The molecule has 19 bridgehead atoms. The Morgan fingerprint density at radius 2 is 1.52 bits per heavy atom. The summed E-state index contributed by atoms with van der Waals surface area (Å²) in [6.07, 6.45) is 13.1. The summed E-state index contributed by atoms with van der Waals surface area (Å²) in [5.41, 5.74) is 1.36. The quantitative estimate of drug-likeness (QED) is 0.0550. The molecule has 15 heteroatoms. The third-order valence-electron chi connectivity index (χ3n) is 25.1. The summed E-state index contributed by atoms with van der Waals surface area (Å²) in [6.45, 7) is 1.46. The number of rotatable bonds is 2. The van der Waals surface area contributed by atoms with Gasteiger partial charge in [0.25, 0.3) is 0 Å². The van der Waals surface area contributed by atoms with Crippen LogP contribution in [-0.4, -0.2) is 109 Å². The average Bonchev–Trinajstić information content (AvgIpc) is 0.718. The van der Waals surface area contributed by atoms with Crippen LogP contribution in [0.25, 0.3) is 0 Å². The molecule has 7 saturated carbocycles. The van der Waals surface area contributed by atoms with E-state index in [1.165, 1.54) is 0 Å². The number of nitrogens with one attached hydrogen (secondary N) is 1. The Hall–Kier alpha value is -4.81. The Bertz CT molecular complexity index is 3520. The summed E-state index contributed by atoms with van der Waals surface area (Å²) in [5, 5.41) is 81.5. The molecule has 6 heterocycles. The van der Waals surface area contributed by atoms with Crippen molar-refractivity contribution in [3.63, 3.8) is 0 Å². The van der Waals surface area contributed by atoms with Crippen LogP contribution in [0.2, 0.25) is 0 Å². The first-order chi connectivity index (χ1) is 44.5. The molecule has 1 spiro atoms. The van der Waals surface area contributed by atoms with Crippen LogP contribution in [0.3, 0.4) is 0 Å². The lowest BCUT2D eigenvalue weighted by Crippen LogP contribution is -2.71. The second-order valence-corrected chi connectivity index (χ2v) is 33.4. The van der Waals surface area contributed by atoms with Gasteiger partial charge < -0.3 is 50.2 Å². The number of anilines is 1. The molecule has 7 N–H and O–H groups in total. The van der Waals surface area contributed by atoms with Gasteiger partial charge in [-0.05, 0) is 202 Å². The van der Waals surface area contributed by atoms with Gasteiger partial charge in [-0.25, -0.2) is 4.79 Å². The Balaban J connectivity index is 0.932. The summed E-state index contributed by atoms with van der Waals surface area (Å²) in [7, 11) is 3.77. The van der Waals surface area contributed by atoms with Crippen molar-refractivity contribution < 1.29 is 59.2 Å². The number of aromatic hydroxyl groups is 1. The number of benzene rings is 3. The zero-order chi connectivity index (χ0) is 63.2. The van der Waals surface area contributed by atoms with Crippen molar-refractivity contribution in [3.05, 3.63) is 99.1 Å². The van der Waals surface area contributed by atoms with Gasteiger partial charge in [-0.1, -0.05) is 114 Å². The third-order valence-corrected chi connectivity index (χ3v) is 27.8. The van der Waals surface area contributed by atoms with Gasteiger partial charge in [-0.3, -0.25) is 9.59 Å². The molecule has 3 aromatic carbocycles. The molecule has 20 atom stereocenters. The topological polar surface area (TPSA) is 212 Å². The largest absolute Gasteiger partial charge is 0.507 e. The molecule has 0 aromatic heterocycles. The zero-order valence-electron chi connectivity index (χ0n) is 53.3. The van der Waals surface area contributed by atoms with Gasteiger partial charge in [-0.15, -0.1) is 0 Å². The molecule has 6 aliphatic heterocycles. The van der Waals surface area contributed by atoms with Gasteiger partial charge in [0.15, 0.2) is 0 Å². The predicted octanol–water partition coefficient (Wildman–Crippen LogP) is 11.9. The lowest BCUT2D eigenvalue weighted by atomic mass is 9.40. The van der Waals surface area contributed by atoms with Crippen LogP contribution >= 0.6 is 21.6 Å². The highest BCUT2D eigenvalue weighted by atomic mass is 33.1. The first kappa shape index (κ1) is 63.3. The number of hydrogen-bond acceptors (Lipinski definition) is 15. The van der Waals surface area contributed by atoms with Crippen molar-refractivity contribution in [2.45, 2.75) is 220 Å². The Morgan fingerprint density at radius 1 is 0.728 bits per heavy atom. The van der Waals surface area contributed by atoms with E-state index in [4.69, 9.17) is 14.2 Å². The van der Waals surface area contributed by atoms with E-state index in [9.17, 15) is 40.2 Å². The minimum Gasteiger partial charge on any atom is -0.507 e. The Kier molecular flexibility index (Phi) is 17.6. The minimum atomic E-state index is -1.67. The maximum absolute atomic E-state index is 16.4. The SMILES string of the molecule is C[C@]1(O)CNc2cc([C@H]3C#C[C@@H]4CC(=O)Oc5c4cc(c(O)c5C4CCCCC4)C[C@H]4OC(=O)/C(=C\[C@H](O)Cc5cccc(c5)C[C@H]5C(=O)C[C@H]6CC[C@@H]7[C@@H]8CCCC[C@H]8[C@]4(O)[C@H]6[C@H]75)C3)cc(c2)[C@H](O)[C@]23C#C[C@H]4CC[C@H](OC[C@@H]1O)[C@@H](CSSC[C@H](CCC2)C3)C4. The molecule has 7 aliphatic carbocycles. The van der Waals surface area contributed by atoms with E-state index in [1.807, 2.05) is 58.0 Å². The maximum Gasteiger partial charge on any atom is 0.334 e. The fraction of sp³-hybridized carbons (Fsp3) is 0.649. The standard InChI is InChI=1S/C77H93NO12S2/c1-75(86)42-78-56-31-51(30-53(32-56)73(84)76-23-8-11-46(38-76)40-91-92-41-55-26-43(22-24-76)16-21-64(55)88-39-65(75)81)48-17-18-49-37-67(82)90-72-60(49)34-52(71(83)68(72)47-12-3-2-4-13-47)36-66-77(87)62-15-6-5-14-58(62)59-20-19-50-35-63(80)61(69(59)70(50)77)28-45-10-7-9-44(25-45)27-57(79)33-54(29-48)74(85)89-66/h7,9-10,25,30-34,43,46-50,55,57-59,61-62,64-66,69-70,73,78-79,81,83-84,86-87H,2-6,8,11-16,19-21,23,26-29,35-42H2,1H3/b54-33-/t43-,46-,48+,49-,50-,55-,57-,58+,59-,61+,62-,64+,65+,66-,69-,70-,73+,75+,76+,77-/m1/s1. The molecule has 7 fully saturated rings. The van der Waals surface area contributed by atoms with Crippen molar-refractivity contribution in [3.8, 4) is 35.2 Å². The van der Waals surface area contributed by atoms with Crippen LogP contribution in [-0.2, 0) is 43.1 Å². The molecule has 0 unspecified atom stereocenters. The number of phenolic OH excluding ortho intramolecular Hbond substituents is 1. The third kappa shape index (κ3) is 11.9. The van der Waals surface area contributed by atoms with Gasteiger partial charge in [0, 0.05) is 77.5 Å². The molecular weight excluding hydrogens is 1190 g/mol. The lowest BCUT2D eigenvalue weighted by Gasteiger charge is -2.66. The van der Waals surface area contributed by atoms with E-state index in [0.717, 1.165) is 125 Å². The monoisotopic (exact) mass is 1290 g/mol. The smallest absolute Gasteiger partial charge is 0.334 e. The molecule has 16 rings (SSSR count). The van der Waals surface area contributed by atoms with Crippen molar-refractivity contribution >= 4 is 45.0 Å². The molecule has 0 saturated heterocycles. The van der Waals surface area contributed by atoms with Crippen molar-refractivity contribution in [1.29, 1.82) is 0 Å². The summed E-state index contributed by atoms with van der Waals surface area (Å²) in [5.74, 6) is 13.9. The number of aliphatic hydroxyl groups excluding tert-OH is 3. The van der Waals surface area contributed by atoms with Gasteiger partial charge in [-0.2, -0.15) is 0 Å².